The smallest absolute Gasteiger partial charge is 0.352 e. The van der Waals surface area contributed by atoms with E-state index in [4.69, 9.17) is 27.5 Å². The molecule has 7 N–H and O–H groups in total. The standard InChI is InChI=1S/C21H21ClN8O6S2/c1-8-28-29-21(36-8)38-7-10-6-37-17-13(16(32)30(17)14(10)18(33)34)25-15(31)12(26-20(35)27-19(23)24)9-2-4-11(22)5-3-9/h2-5,12-13,17H,6-7H2,1H3,(H,25,31)(H,33,34)(H5,23,24,26,27,35)/t12?,13?,17-/m0/s1. The van der Waals surface area contributed by atoms with E-state index >= 15 is 0 Å². The molecule has 38 heavy (non-hydrogen) atoms. The fraction of sp³-hybridized carbons (Fsp3) is 0.286. The number of nitrogens with zero attached hydrogens (tertiary/aromatic N) is 4. The summed E-state index contributed by atoms with van der Waals surface area (Å²) < 4.78 is 5.30. The molecular formula is C21H21ClN8O6S2. The monoisotopic (exact) mass is 580 g/mol. The second-order valence-corrected chi connectivity index (χ2v) is 10.5. The summed E-state index contributed by atoms with van der Waals surface area (Å²) >= 11 is 8.39. The number of carboxylic acids is 1. The number of hydrogen-bond acceptors (Lipinski definition) is 9. The number of guanidine groups is 1. The number of fused-ring (bicyclic) bond motifs is 1. The maximum atomic E-state index is 13.2. The summed E-state index contributed by atoms with van der Waals surface area (Å²) in [6.07, 6.45) is 0. The number of halogens is 1. The molecule has 200 valence electrons. The van der Waals surface area contributed by atoms with Crippen molar-refractivity contribution < 1.29 is 28.7 Å². The van der Waals surface area contributed by atoms with E-state index in [0.717, 1.165) is 16.7 Å². The number of aliphatic carboxylic acids is 1. The molecule has 17 heteroatoms. The van der Waals surface area contributed by atoms with Gasteiger partial charge in [-0.15, -0.1) is 22.0 Å². The Morgan fingerprint density at radius 2 is 2.03 bits per heavy atom. The summed E-state index contributed by atoms with van der Waals surface area (Å²) in [7, 11) is 0. The van der Waals surface area contributed by atoms with Crippen molar-refractivity contribution in [1.29, 1.82) is 0 Å². The van der Waals surface area contributed by atoms with Crippen molar-refractivity contribution in [2.45, 2.75) is 29.6 Å². The molecule has 3 heterocycles. The molecule has 2 aromatic rings. The first kappa shape index (κ1) is 27.3. The van der Waals surface area contributed by atoms with Crippen LogP contribution in [0, 0.1) is 6.92 Å². The lowest BCUT2D eigenvalue weighted by molar-refractivity contribution is -0.150. The number of amides is 4. The first-order valence-electron chi connectivity index (χ1n) is 10.8. The highest BCUT2D eigenvalue weighted by Crippen LogP contribution is 2.41. The second-order valence-electron chi connectivity index (χ2n) is 8.00. The summed E-state index contributed by atoms with van der Waals surface area (Å²) in [5.41, 5.74) is 11.2. The van der Waals surface area contributed by atoms with Crippen LogP contribution in [-0.4, -0.2) is 72.9 Å². The summed E-state index contributed by atoms with van der Waals surface area (Å²) in [5, 5.41) is 22.5. The van der Waals surface area contributed by atoms with Gasteiger partial charge in [0.15, 0.2) is 5.96 Å². The molecule has 4 rings (SSSR count). The van der Waals surface area contributed by atoms with Crippen LogP contribution in [0.4, 0.5) is 4.79 Å². The Hall–Kier alpha value is -3.76. The molecule has 0 bridgehead atoms. The van der Waals surface area contributed by atoms with Crippen molar-refractivity contribution in [2.75, 3.05) is 11.5 Å². The van der Waals surface area contributed by atoms with Crippen LogP contribution in [0.1, 0.15) is 17.5 Å². The zero-order chi connectivity index (χ0) is 27.6. The van der Waals surface area contributed by atoms with Gasteiger partial charge in [0.05, 0.1) is 0 Å². The number of carbonyl (C=O) groups is 4. The van der Waals surface area contributed by atoms with E-state index in [1.165, 1.54) is 36.0 Å². The average Bonchev–Trinajstić information content (AvgIpc) is 3.28. The molecule has 2 aliphatic rings. The minimum atomic E-state index is -1.27. The number of aromatic nitrogens is 2. The normalized spacial score (nSPS) is 19.2. The molecule has 2 aliphatic heterocycles. The molecule has 2 unspecified atom stereocenters. The molecule has 1 saturated heterocycles. The van der Waals surface area contributed by atoms with Gasteiger partial charge in [0.25, 0.3) is 11.1 Å². The van der Waals surface area contributed by atoms with Crippen LogP contribution >= 0.6 is 35.1 Å². The Morgan fingerprint density at radius 1 is 1.32 bits per heavy atom. The zero-order valence-corrected chi connectivity index (χ0v) is 22.0. The number of hydrogen-bond donors (Lipinski definition) is 5. The Morgan fingerprint density at radius 3 is 2.63 bits per heavy atom. The molecule has 4 amide bonds. The van der Waals surface area contributed by atoms with Crippen LogP contribution in [0.15, 0.2) is 50.2 Å². The number of urea groups is 1. The summed E-state index contributed by atoms with van der Waals surface area (Å²) in [4.78, 5) is 55.0. The van der Waals surface area contributed by atoms with Gasteiger partial charge in [-0.3, -0.25) is 14.5 Å². The van der Waals surface area contributed by atoms with Crippen LogP contribution in [0.3, 0.4) is 0 Å². The number of rotatable bonds is 8. The SMILES string of the molecule is Cc1nnc(SCC2=C(C(=O)O)N3C(=O)C(NC(=O)C(NC(=O)N=C(N)N)c4ccc(Cl)cc4)[C@@H]3SC2)o1. The molecular weight excluding hydrogens is 560 g/mol. The molecule has 0 radical (unpaired) electrons. The summed E-state index contributed by atoms with van der Waals surface area (Å²) in [6.45, 7) is 1.64. The fourth-order valence-electron chi connectivity index (χ4n) is 3.75. The van der Waals surface area contributed by atoms with Gasteiger partial charge >= 0.3 is 12.0 Å². The Kier molecular flexibility index (Phi) is 8.13. The zero-order valence-electron chi connectivity index (χ0n) is 19.6. The van der Waals surface area contributed by atoms with Gasteiger partial charge in [-0.1, -0.05) is 35.5 Å². The van der Waals surface area contributed by atoms with Crippen molar-refractivity contribution in [2.24, 2.45) is 16.5 Å². The number of benzene rings is 1. The van der Waals surface area contributed by atoms with Crippen molar-refractivity contribution in [3.8, 4) is 0 Å². The minimum Gasteiger partial charge on any atom is -0.477 e. The first-order valence-corrected chi connectivity index (χ1v) is 13.2. The van der Waals surface area contributed by atoms with Crippen LogP contribution in [-0.2, 0) is 14.4 Å². The minimum absolute atomic E-state index is 0.150. The molecule has 1 fully saturated rings. The number of carboxylic acid groups (broad SMARTS) is 1. The van der Waals surface area contributed by atoms with Crippen molar-refractivity contribution in [1.82, 2.24) is 25.7 Å². The molecule has 0 spiro atoms. The number of β-lactam (4-membered cyclic amide) rings is 1. The molecule has 3 atom stereocenters. The predicted octanol–water partition coefficient (Wildman–Crippen LogP) is 0.586. The van der Waals surface area contributed by atoms with Crippen LogP contribution in [0.25, 0.3) is 0 Å². The van der Waals surface area contributed by atoms with Crippen LogP contribution < -0.4 is 22.1 Å². The quantitative estimate of drug-likeness (QED) is 0.125. The van der Waals surface area contributed by atoms with E-state index in [2.05, 4.69) is 25.8 Å². The maximum absolute atomic E-state index is 13.2. The molecule has 0 aliphatic carbocycles. The van der Waals surface area contributed by atoms with Gasteiger partial charge in [0.2, 0.25) is 11.8 Å². The van der Waals surface area contributed by atoms with Crippen molar-refractivity contribution >= 4 is 64.9 Å². The lowest BCUT2D eigenvalue weighted by Crippen LogP contribution is -2.71. The number of thioether (sulfide) groups is 2. The van der Waals surface area contributed by atoms with Gasteiger partial charge in [0.1, 0.15) is 23.2 Å². The van der Waals surface area contributed by atoms with E-state index in [1.54, 1.807) is 6.92 Å². The average molecular weight is 581 g/mol. The van der Waals surface area contributed by atoms with E-state index in [1.807, 2.05) is 0 Å². The van der Waals surface area contributed by atoms with Gasteiger partial charge < -0.3 is 31.6 Å². The number of nitrogens with two attached hydrogens (primary N) is 2. The van der Waals surface area contributed by atoms with Crippen LogP contribution in [0.2, 0.25) is 5.02 Å². The number of aliphatic imine (C=N–C) groups is 1. The van der Waals surface area contributed by atoms with E-state index in [9.17, 15) is 24.3 Å². The van der Waals surface area contributed by atoms with Gasteiger partial charge in [0, 0.05) is 23.5 Å². The Labute approximate surface area is 228 Å². The largest absolute Gasteiger partial charge is 0.477 e. The van der Waals surface area contributed by atoms with Crippen molar-refractivity contribution in [3.63, 3.8) is 0 Å². The summed E-state index contributed by atoms with van der Waals surface area (Å²) in [6, 6.07) is 2.83. The Balaban J connectivity index is 1.50. The van der Waals surface area contributed by atoms with Gasteiger partial charge in [-0.2, -0.15) is 4.99 Å². The molecule has 14 nitrogen and oxygen atoms in total. The highest BCUT2D eigenvalue weighted by atomic mass is 35.5. The molecule has 0 saturated carbocycles. The van der Waals surface area contributed by atoms with Gasteiger partial charge in [-0.05, 0) is 23.3 Å². The lowest BCUT2D eigenvalue weighted by Gasteiger charge is -2.49. The number of nitrogens with one attached hydrogen (secondary N) is 2. The number of aryl methyl sites for hydroxylation is 1. The van der Waals surface area contributed by atoms with E-state index < -0.39 is 47.2 Å². The first-order chi connectivity index (χ1) is 18.0. The second kappa shape index (κ2) is 11.3. The molecule has 1 aromatic carbocycles. The number of carbonyl (C=O) groups excluding carboxylic acids is 3. The molecule has 1 aromatic heterocycles. The lowest BCUT2D eigenvalue weighted by atomic mass is 10.0. The van der Waals surface area contributed by atoms with Crippen LogP contribution in [0.5, 0.6) is 0 Å². The van der Waals surface area contributed by atoms with E-state index in [-0.39, 0.29) is 16.7 Å². The Bertz CT molecular complexity index is 1340. The maximum Gasteiger partial charge on any atom is 0.352 e. The predicted molar refractivity (Wildman–Crippen MR) is 138 cm³/mol. The third-order valence-corrected chi connectivity index (χ3v) is 7.89. The third-order valence-electron chi connectivity index (χ3n) is 5.39. The highest BCUT2D eigenvalue weighted by Gasteiger charge is 2.54. The topological polar surface area (TPSA) is 219 Å². The van der Waals surface area contributed by atoms with Crippen molar-refractivity contribution in [3.05, 3.63) is 52.0 Å². The van der Waals surface area contributed by atoms with Gasteiger partial charge in [-0.25, -0.2) is 9.59 Å². The highest BCUT2D eigenvalue weighted by molar-refractivity contribution is 8.01. The third kappa shape index (κ3) is 5.87. The fourth-order valence-corrected chi connectivity index (χ4v) is 6.16. The van der Waals surface area contributed by atoms with E-state index in [0.29, 0.717) is 27.8 Å². The summed E-state index contributed by atoms with van der Waals surface area (Å²) in [5.74, 6) is -2.20.